The first-order chi connectivity index (χ1) is 7.30. The summed E-state index contributed by atoms with van der Waals surface area (Å²) < 4.78 is 1.20. The Hall–Kier alpha value is -0.620. The lowest BCUT2D eigenvalue weighted by atomic mass is 10.1. The lowest BCUT2D eigenvalue weighted by molar-refractivity contribution is -0.136. The largest absolute Gasteiger partial charge is 0.381 e. The minimum Gasteiger partial charge on any atom is -0.381 e. The molecule has 0 heterocycles. The predicted molar refractivity (Wildman–Crippen MR) is 72.0 cm³/mol. The molecule has 0 bridgehead atoms. The molecule has 2 N–H and O–H groups in total. The Kier molecular flexibility index (Phi) is 4.32. The fraction of sp³-hybridized carbons (Fsp3) is 0.417. The highest BCUT2D eigenvalue weighted by atomic mass is 127. The van der Waals surface area contributed by atoms with Crippen LogP contribution in [0, 0.1) is 10.5 Å². The fourth-order valence-corrected chi connectivity index (χ4v) is 1.55. The van der Waals surface area contributed by atoms with E-state index in [1.807, 2.05) is 25.1 Å². The SMILES string of the molecule is Cc1cc(CNC(=O)C(C)(C)O)ccc1I. The summed E-state index contributed by atoms with van der Waals surface area (Å²) in [4.78, 5) is 11.4. The minimum absolute atomic E-state index is 0.358. The van der Waals surface area contributed by atoms with Crippen molar-refractivity contribution in [1.82, 2.24) is 5.32 Å². The Balaban J connectivity index is 2.62. The average molecular weight is 333 g/mol. The standard InChI is InChI=1S/C12H16INO2/c1-8-6-9(4-5-10(8)13)7-14-11(15)12(2,3)16/h4-6,16H,7H2,1-3H3,(H,14,15). The number of hydrogen-bond acceptors (Lipinski definition) is 2. The monoisotopic (exact) mass is 333 g/mol. The zero-order valence-electron chi connectivity index (χ0n) is 9.67. The Morgan fingerprint density at radius 3 is 2.62 bits per heavy atom. The molecular formula is C12H16INO2. The molecule has 1 aromatic rings. The van der Waals surface area contributed by atoms with Crippen molar-refractivity contribution in [2.45, 2.75) is 32.9 Å². The smallest absolute Gasteiger partial charge is 0.251 e. The quantitative estimate of drug-likeness (QED) is 0.831. The summed E-state index contributed by atoms with van der Waals surface area (Å²) in [7, 11) is 0. The van der Waals surface area contributed by atoms with Crippen LogP contribution in [0.3, 0.4) is 0 Å². The predicted octanol–water partition coefficient (Wildman–Crippen LogP) is 1.99. The van der Waals surface area contributed by atoms with Gasteiger partial charge in [-0.1, -0.05) is 12.1 Å². The van der Waals surface area contributed by atoms with Crippen LogP contribution in [-0.4, -0.2) is 16.6 Å². The number of rotatable bonds is 3. The maximum atomic E-state index is 11.4. The second kappa shape index (κ2) is 5.14. The van der Waals surface area contributed by atoms with Crippen LogP contribution in [-0.2, 0) is 11.3 Å². The van der Waals surface area contributed by atoms with E-state index < -0.39 is 5.60 Å². The number of amides is 1. The zero-order chi connectivity index (χ0) is 12.3. The summed E-state index contributed by atoms with van der Waals surface area (Å²) in [6, 6.07) is 6.02. The van der Waals surface area contributed by atoms with Gasteiger partial charge < -0.3 is 10.4 Å². The van der Waals surface area contributed by atoms with E-state index in [9.17, 15) is 9.90 Å². The molecule has 1 rings (SSSR count). The lowest BCUT2D eigenvalue weighted by Crippen LogP contribution is -2.41. The summed E-state index contributed by atoms with van der Waals surface area (Å²) in [5, 5.41) is 12.1. The molecule has 0 atom stereocenters. The highest BCUT2D eigenvalue weighted by Gasteiger charge is 2.22. The van der Waals surface area contributed by atoms with Gasteiger partial charge in [-0.3, -0.25) is 4.79 Å². The van der Waals surface area contributed by atoms with Crippen molar-refractivity contribution in [3.63, 3.8) is 0 Å². The van der Waals surface area contributed by atoms with Gasteiger partial charge in [-0.05, 0) is 60.6 Å². The first-order valence-corrected chi connectivity index (χ1v) is 6.14. The number of carbonyl (C=O) groups is 1. The van der Waals surface area contributed by atoms with Gasteiger partial charge in [-0.25, -0.2) is 0 Å². The highest BCUT2D eigenvalue weighted by molar-refractivity contribution is 14.1. The van der Waals surface area contributed by atoms with Crippen LogP contribution >= 0.6 is 22.6 Å². The molecule has 1 aromatic carbocycles. The maximum Gasteiger partial charge on any atom is 0.251 e. The van der Waals surface area contributed by atoms with Gasteiger partial charge in [0.1, 0.15) is 5.60 Å². The van der Waals surface area contributed by atoms with E-state index in [0.717, 1.165) is 5.56 Å². The van der Waals surface area contributed by atoms with Crippen molar-refractivity contribution in [1.29, 1.82) is 0 Å². The lowest BCUT2D eigenvalue weighted by Gasteiger charge is -2.16. The second-order valence-electron chi connectivity index (χ2n) is 4.33. The molecule has 0 aromatic heterocycles. The van der Waals surface area contributed by atoms with Crippen LogP contribution in [0.25, 0.3) is 0 Å². The van der Waals surface area contributed by atoms with Crippen LogP contribution in [0.4, 0.5) is 0 Å². The number of aliphatic hydroxyl groups is 1. The van der Waals surface area contributed by atoms with Gasteiger partial charge in [0.25, 0.3) is 5.91 Å². The summed E-state index contributed by atoms with van der Waals surface area (Å²) in [5.41, 5.74) is 0.907. The van der Waals surface area contributed by atoms with E-state index in [1.54, 1.807) is 0 Å². The number of halogens is 1. The van der Waals surface area contributed by atoms with Gasteiger partial charge in [-0.2, -0.15) is 0 Å². The summed E-state index contributed by atoms with van der Waals surface area (Å²) in [6.07, 6.45) is 0. The van der Waals surface area contributed by atoms with Gasteiger partial charge in [0, 0.05) is 10.1 Å². The van der Waals surface area contributed by atoms with Crippen LogP contribution < -0.4 is 5.32 Å². The molecule has 0 aliphatic rings. The molecule has 0 unspecified atom stereocenters. The highest BCUT2D eigenvalue weighted by Crippen LogP contribution is 2.13. The number of nitrogens with one attached hydrogen (secondary N) is 1. The van der Waals surface area contributed by atoms with Crippen molar-refractivity contribution in [2.75, 3.05) is 0 Å². The van der Waals surface area contributed by atoms with Crippen LogP contribution in [0.1, 0.15) is 25.0 Å². The number of hydrogen-bond donors (Lipinski definition) is 2. The molecule has 1 amide bonds. The molecule has 3 nitrogen and oxygen atoms in total. The fourth-order valence-electron chi connectivity index (χ4n) is 1.22. The van der Waals surface area contributed by atoms with Gasteiger partial charge in [-0.15, -0.1) is 0 Å². The van der Waals surface area contributed by atoms with Crippen molar-refractivity contribution in [3.05, 3.63) is 32.9 Å². The number of carbonyl (C=O) groups excluding carboxylic acids is 1. The molecule has 88 valence electrons. The summed E-state index contributed by atoms with van der Waals surface area (Å²) in [6.45, 7) is 5.42. The molecule has 16 heavy (non-hydrogen) atoms. The Morgan fingerprint density at radius 2 is 2.12 bits per heavy atom. The van der Waals surface area contributed by atoms with Gasteiger partial charge in [0.15, 0.2) is 0 Å². The molecule has 0 saturated carbocycles. The molecule has 0 aliphatic heterocycles. The zero-order valence-corrected chi connectivity index (χ0v) is 11.8. The number of benzene rings is 1. The van der Waals surface area contributed by atoms with Crippen molar-refractivity contribution in [3.8, 4) is 0 Å². The maximum absolute atomic E-state index is 11.4. The molecular weight excluding hydrogens is 317 g/mol. The first kappa shape index (κ1) is 13.4. The van der Waals surface area contributed by atoms with Gasteiger partial charge in [0.05, 0.1) is 0 Å². The van der Waals surface area contributed by atoms with E-state index in [4.69, 9.17) is 0 Å². The molecule has 0 fully saturated rings. The van der Waals surface area contributed by atoms with Crippen LogP contribution in [0.2, 0.25) is 0 Å². The summed E-state index contributed by atoms with van der Waals surface area (Å²) >= 11 is 2.27. The topological polar surface area (TPSA) is 49.3 Å². The Labute approximate surface area is 109 Å². The van der Waals surface area contributed by atoms with Crippen molar-refractivity contribution in [2.24, 2.45) is 0 Å². The van der Waals surface area contributed by atoms with E-state index in [1.165, 1.54) is 23.0 Å². The Morgan fingerprint density at radius 1 is 1.50 bits per heavy atom. The molecule has 0 radical (unpaired) electrons. The molecule has 0 spiro atoms. The molecule has 0 aliphatic carbocycles. The third-order valence-corrected chi connectivity index (χ3v) is 3.44. The van der Waals surface area contributed by atoms with Crippen LogP contribution in [0.15, 0.2) is 18.2 Å². The second-order valence-corrected chi connectivity index (χ2v) is 5.49. The van der Waals surface area contributed by atoms with Crippen molar-refractivity contribution >= 4 is 28.5 Å². The van der Waals surface area contributed by atoms with Gasteiger partial charge >= 0.3 is 0 Å². The van der Waals surface area contributed by atoms with E-state index in [2.05, 4.69) is 27.9 Å². The minimum atomic E-state index is -1.32. The third-order valence-electron chi connectivity index (χ3n) is 2.23. The molecule has 0 saturated heterocycles. The van der Waals surface area contributed by atoms with E-state index in [-0.39, 0.29) is 5.91 Å². The van der Waals surface area contributed by atoms with Crippen LogP contribution in [0.5, 0.6) is 0 Å². The summed E-state index contributed by atoms with van der Waals surface area (Å²) in [5.74, 6) is -0.358. The Bertz CT molecular complexity index is 396. The van der Waals surface area contributed by atoms with E-state index >= 15 is 0 Å². The third kappa shape index (κ3) is 3.75. The molecule has 4 heteroatoms. The average Bonchev–Trinajstić information content (AvgIpc) is 2.18. The normalized spacial score (nSPS) is 11.3. The van der Waals surface area contributed by atoms with Crippen molar-refractivity contribution < 1.29 is 9.90 Å². The van der Waals surface area contributed by atoms with Gasteiger partial charge in [0.2, 0.25) is 0 Å². The first-order valence-electron chi connectivity index (χ1n) is 5.06. The number of aryl methyl sites for hydroxylation is 1. The van der Waals surface area contributed by atoms with E-state index in [0.29, 0.717) is 6.54 Å².